The Bertz CT molecular complexity index is 438. The van der Waals surface area contributed by atoms with Crippen molar-refractivity contribution in [2.24, 2.45) is 0 Å². The van der Waals surface area contributed by atoms with Crippen molar-refractivity contribution in [1.29, 1.82) is 0 Å². The van der Waals surface area contributed by atoms with Gasteiger partial charge in [0.2, 0.25) is 0 Å². The fraction of sp³-hybridized carbons (Fsp3) is 0.667. The van der Waals surface area contributed by atoms with Crippen LogP contribution in [0, 0.1) is 0 Å². The van der Waals surface area contributed by atoms with Crippen LogP contribution < -0.4 is 10.2 Å². The predicted molar refractivity (Wildman–Crippen MR) is 85.5 cm³/mol. The number of aromatic nitrogens is 1. The monoisotopic (exact) mass is 296 g/mol. The highest BCUT2D eigenvalue weighted by Crippen LogP contribution is 2.21. The third kappa shape index (κ3) is 3.62. The molecule has 2 heterocycles. The van der Waals surface area contributed by atoms with Crippen LogP contribution in [0.2, 0.25) is 5.02 Å². The summed E-state index contributed by atoms with van der Waals surface area (Å²) in [6.45, 7) is 12.5. The third-order valence-electron chi connectivity index (χ3n) is 3.94. The maximum absolute atomic E-state index is 6.22. The molecule has 1 fully saturated rings. The fourth-order valence-electron chi connectivity index (χ4n) is 2.69. The van der Waals surface area contributed by atoms with Gasteiger partial charge in [-0.25, -0.2) is 4.98 Å². The normalized spacial score (nSPS) is 20.4. The minimum atomic E-state index is 0.573. The van der Waals surface area contributed by atoms with Gasteiger partial charge < -0.3 is 10.2 Å². The molecular formula is C15H25ClN4. The molecular weight excluding hydrogens is 272 g/mol. The number of likely N-dealkylation sites (N-methyl/N-ethyl adjacent to an activating group) is 1. The van der Waals surface area contributed by atoms with E-state index in [2.05, 4.69) is 35.9 Å². The molecule has 1 aromatic rings. The Balaban J connectivity index is 2.09. The molecule has 5 heteroatoms. The molecule has 112 valence electrons. The number of halogens is 1. The molecule has 4 nitrogen and oxygen atoms in total. The number of anilines is 1. The number of nitrogens with zero attached hydrogens (tertiary/aromatic N) is 3. The van der Waals surface area contributed by atoms with Crippen molar-refractivity contribution >= 4 is 17.4 Å². The molecule has 1 unspecified atom stereocenters. The summed E-state index contributed by atoms with van der Waals surface area (Å²) in [4.78, 5) is 9.60. The van der Waals surface area contributed by atoms with Crippen molar-refractivity contribution in [1.82, 2.24) is 15.2 Å². The first-order valence-corrected chi connectivity index (χ1v) is 7.88. The number of pyridine rings is 1. The smallest absolute Gasteiger partial charge is 0.129 e. The van der Waals surface area contributed by atoms with Crippen LogP contribution in [-0.2, 0) is 6.54 Å². The van der Waals surface area contributed by atoms with Gasteiger partial charge in [0.05, 0.1) is 10.7 Å². The second kappa shape index (κ2) is 7.25. The van der Waals surface area contributed by atoms with E-state index in [1.54, 1.807) is 0 Å². The largest absolute Gasteiger partial charge is 0.354 e. The molecule has 1 aliphatic heterocycles. The third-order valence-corrected chi connectivity index (χ3v) is 4.29. The van der Waals surface area contributed by atoms with Crippen LogP contribution in [0.5, 0.6) is 0 Å². The summed E-state index contributed by atoms with van der Waals surface area (Å²) in [6, 6.07) is 4.57. The Morgan fingerprint density at radius 2 is 2.15 bits per heavy atom. The van der Waals surface area contributed by atoms with E-state index in [4.69, 9.17) is 16.6 Å². The molecule has 20 heavy (non-hydrogen) atoms. The molecule has 0 amide bonds. The van der Waals surface area contributed by atoms with Crippen molar-refractivity contribution in [3.63, 3.8) is 0 Å². The molecule has 1 aromatic heterocycles. The molecule has 0 aliphatic carbocycles. The summed E-state index contributed by atoms with van der Waals surface area (Å²) in [5, 5.41) is 4.03. The average molecular weight is 297 g/mol. The van der Waals surface area contributed by atoms with Crippen molar-refractivity contribution in [3.8, 4) is 0 Å². The lowest BCUT2D eigenvalue weighted by molar-refractivity contribution is 0.199. The van der Waals surface area contributed by atoms with Gasteiger partial charge in [-0.2, -0.15) is 0 Å². The summed E-state index contributed by atoms with van der Waals surface area (Å²) in [6.07, 6.45) is 0. The summed E-state index contributed by atoms with van der Waals surface area (Å²) in [5.74, 6) is 1.05. The second-order valence-corrected chi connectivity index (χ2v) is 5.71. The van der Waals surface area contributed by atoms with E-state index < -0.39 is 0 Å². The molecule has 2 rings (SSSR count). The van der Waals surface area contributed by atoms with E-state index in [9.17, 15) is 0 Å². The maximum atomic E-state index is 6.22. The van der Waals surface area contributed by atoms with E-state index >= 15 is 0 Å². The Kier molecular flexibility index (Phi) is 5.64. The lowest BCUT2D eigenvalue weighted by Crippen LogP contribution is -2.52. The molecule has 1 saturated heterocycles. The van der Waals surface area contributed by atoms with Gasteiger partial charge in [-0.05, 0) is 32.1 Å². The minimum absolute atomic E-state index is 0.573. The van der Waals surface area contributed by atoms with E-state index in [-0.39, 0.29) is 0 Å². The maximum Gasteiger partial charge on any atom is 0.129 e. The van der Waals surface area contributed by atoms with E-state index in [0.29, 0.717) is 6.04 Å². The van der Waals surface area contributed by atoms with Crippen molar-refractivity contribution in [2.75, 3.05) is 37.6 Å². The first-order chi connectivity index (χ1) is 9.65. The van der Waals surface area contributed by atoms with Crippen molar-refractivity contribution in [2.45, 2.75) is 33.4 Å². The first kappa shape index (κ1) is 15.5. The highest BCUT2D eigenvalue weighted by atomic mass is 35.5. The highest BCUT2D eigenvalue weighted by Gasteiger charge is 2.23. The van der Waals surface area contributed by atoms with Crippen LogP contribution in [0.4, 0.5) is 5.82 Å². The van der Waals surface area contributed by atoms with E-state index in [0.717, 1.165) is 55.8 Å². The molecule has 0 saturated carbocycles. The highest BCUT2D eigenvalue weighted by molar-refractivity contribution is 6.31. The zero-order valence-corrected chi connectivity index (χ0v) is 13.5. The van der Waals surface area contributed by atoms with Gasteiger partial charge in [0.25, 0.3) is 0 Å². The van der Waals surface area contributed by atoms with Gasteiger partial charge in [-0.15, -0.1) is 0 Å². The van der Waals surface area contributed by atoms with Crippen molar-refractivity contribution < 1.29 is 0 Å². The predicted octanol–water partition coefficient (Wildman–Crippen LogP) is 2.37. The number of piperazine rings is 1. The Hall–Kier alpha value is -0.840. The zero-order chi connectivity index (χ0) is 14.5. The SMILES string of the molecule is CCNCc1nc(N2CCN(CC)C(C)C2)ccc1Cl. The van der Waals surface area contributed by atoms with Crippen LogP contribution in [-0.4, -0.2) is 48.6 Å². The van der Waals surface area contributed by atoms with E-state index in [1.807, 2.05) is 12.1 Å². The fourth-order valence-corrected chi connectivity index (χ4v) is 2.86. The van der Waals surface area contributed by atoms with Crippen LogP contribution in [0.1, 0.15) is 26.5 Å². The van der Waals surface area contributed by atoms with Gasteiger partial charge in [0.1, 0.15) is 5.82 Å². The average Bonchev–Trinajstić information content (AvgIpc) is 2.46. The van der Waals surface area contributed by atoms with Crippen LogP contribution in [0.3, 0.4) is 0 Å². The molecule has 0 spiro atoms. The molecule has 1 aliphatic rings. The van der Waals surface area contributed by atoms with Gasteiger partial charge in [0, 0.05) is 32.2 Å². The molecule has 0 aromatic carbocycles. The summed E-state index contributed by atoms with van der Waals surface area (Å²) >= 11 is 6.22. The van der Waals surface area contributed by atoms with Gasteiger partial charge in [-0.1, -0.05) is 25.4 Å². The Morgan fingerprint density at radius 3 is 2.80 bits per heavy atom. The molecule has 1 atom stereocenters. The van der Waals surface area contributed by atoms with Gasteiger partial charge in [-0.3, -0.25) is 4.90 Å². The second-order valence-electron chi connectivity index (χ2n) is 5.30. The summed E-state index contributed by atoms with van der Waals surface area (Å²) < 4.78 is 0. The number of hydrogen-bond donors (Lipinski definition) is 1. The summed E-state index contributed by atoms with van der Waals surface area (Å²) in [5.41, 5.74) is 0.941. The molecule has 1 N–H and O–H groups in total. The van der Waals surface area contributed by atoms with Crippen LogP contribution in [0.25, 0.3) is 0 Å². The number of rotatable bonds is 5. The number of hydrogen-bond acceptors (Lipinski definition) is 4. The van der Waals surface area contributed by atoms with Gasteiger partial charge in [0.15, 0.2) is 0 Å². The zero-order valence-electron chi connectivity index (χ0n) is 12.7. The summed E-state index contributed by atoms with van der Waals surface area (Å²) in [7, 11) is 0. The van der Waals surface area contributed by atoms with E-state index in [1.165, 1.54) is 0 Å². The van der Waals surface area contributed by atoms with Gasteiger partial charge >= 0.3 is 0 Å². The quantitative estimate of drug-likeness (QED) is 0.904. The topological polar surface area (TPSA) is 31.4 Å². The Morgan fingerprint density at radius 1 is 1.35 bits per heavy atom. The molecule has 0 bridgehead atoms. The first-order valence-electron chi connectivity index (χ1n) is 7.50. The Labute approximate surface area is 127 Å². The molecule has 0 radical (unpaired) electrons. The lowest BCUT2D eigenvalue weighted by atomic mass is 10.2. The van der Waals surface area contributed by atoms with Crippen LogP contribution >= 0.6 is 11.6 Å². The lowest BCUT2D eigenvalue weighted by Gasteiger charge is -2.40. The number of nitrogens with one attached hydrogen (secondary N) is 1. The van der Waals surface area contributed by atoms with Crippen molar-refractivity contribution in [3.05, 3.63) is 22.8 Å². The minimum Gasteiger partial charge on any atom is -0.354 e. The standard InChI is InChI=1S/C15H25ClN4/c1-4-17-10-14-13(16)6-7-15(18-14)20-9-8-19(5-2)12(3)11-20/h6-7,12,17H,4-5,8-11H2,1-3H3. The van der Waals surface area contributed by atoms with Crippen LogP contribution in [0.15, 0.2) is 12.1 Å².